The normalized spacial score (nSPS) is 13.5. The zero-order chi connectivity index (χ0) is 14.6. The number of hydrogen-bond donors (Lipinski definition) is 2. The molecule has 0 saturated carbocycles. The summed E-state index contributed by atoms with van der Waals surface area (Å²) in [5, 5.41) is 0. The van der Waals surface area contributed by atoms with E-state index in [0.717, 1.165) is 18.6 Å². The SMILES string of the molecule is CCCC(C)NS(=O)(=O)c1cc(CN)cc(F)c1F. The molecule has 3 N–H and O–H groups in total. The van der Waals surface area contributed by atoms with Crippen molar-refractivity contribution in [2.24, 2.45) is 5.73 Å². The predicted octanol–water partition coefficient (Wildman–Crippen LogP) is 1.89. The molecule has 1 aromatic rings. The lowest BCUT2D eigenvalue weighted by atomic mass is 10.2. The van der Waals surface area contributed by atoms with Crippen LogP contribution in [-0.4, -0.2) is 14.5 Å². The lowest BCUT2D eigenvalue weighted by Gasteiger charge is -2.14. The summed E-state index contributed by atoms with van der Waals surface area (Å²) in [6.45, 7) is 3.51. The summed E-state index contributed by atoms with van der Waals surface area (Å²) in [6.07, 6.45) is 1.39. The first kappa shape index (κ1) is 16.0. The van der Waals surface area contributed by atoms with Crippen LogP contribution in [0.2, 0.25) is 0 Å². The van der Waals surface area contributed by atoms with E-state index >= 15 is 0 Å². The minimum absolute atomic E-state index is 0.0652. The summed E-state index contributed by atoms with van der Waals surface area (Å²) >= 11 is 0. The highest BCUT2D eigenvalue weighted by Gasteiger charge is 2.24. The third-order valence-electron chi connectivity index (χ3n) is 2.66. The first-order valence-corrected chi connectivity index (χ1v) is 7.50. The Bertz CT molecular complexity index is 547. The smallest absolute Gasteiger partial charge is 0.243 e. The Morgan fingerprint density at radius 2 is 2.00 bits per heavy atom. The molecule has 0 spiro atoms. The van der Waals surface area contributed by atoms with Crippen LogP contribution in [0.1, 0.15) is 32.3 Å². The van der Waals surface area contributed by atoms with Crippen molar-refractivity contribution in [3.63, 3.8) is 0 Å². The van der Waals surface area contributed by atoms with Gasteiger partial charge in [-0.1, -0.05) is 13.3 Å². The van der Waals surface area contributed by atoms with E-state index in [-0.39, 0.29) is 18.2 Å². The Kier molecular flexibility index (Phi) is 5.39. The largest absolute Gasteiger partial charge is 0.326 e. The Balaban J connectivity index is 3.17. The number of sulfonamides is 1. The Morgan fingerprint density at radius 1 is 1.37 bits per heavy atom. The van der Waals surface area contributed by atoms with Crippen molar-refractivity contribution in [1.29, 1.82) is 0 Å². The average molecular weight is 292 g/mol. The van der Waals surface area contributed by atoms with Gasteiger partial charge in [0.05, 0.1) is 0 Å². The molecule has 4 nitrogen and oxygen atoms in total. The average Bonchev–Trinajstić information content (AvgIpc) is 2.31. The molecule has 0 amide bonds. The Labute approximate surface area is 112 Å². The molecule has 1 atom stereocenters. The van der Waals surface area contributed by atoms with E-state index in [0.29, 0.717) is 6.42 Å². The van der Waals surface area contributed by atoms with Gasteiger partial charge in [0.2, 0.25) is 10.0 Å². The van der Waals surface area contributed by atoms with Gasteiger partial charge >= 0.3 is 0 Å². The highest BCUT2D eigenvalue weighted by molar-refractivity contribution is 7.89. The van der Waals surface area contributed by atoms with Gasteiger partial charge in [0, 0.05) is 12.6 Å². The molecule has 0 aromatic heterocycles. The van der Waals surface area contributed by atoms with Crippen molar-refractivity contribution in [3.05, 3.63) is 29.3 Å². The third-order valence-corrected chi connectivity index (χ3v) is 4.25. The van der Waals surface area contributed by atoms with Crippen molar-refractivity contribution in [3.8, 4) is 0 Å². The van der Waals surface area contributed by atoms with Crippen molar-refractivity contribution in [1.82, 2.24) is 4.72 Å². The summed E-state index contributed by atoms with van der Waals surface area (Å²) in [7, 11) is -4.09. The van der Waals surface area contributed by atoms with E-state index in [9.17, 15) is 17.2 Å². The summed E-state index contributed by atoms with van der Waals surface area (Å²) in [5.41, 5.74) is 5.55. The molecule has 0 heterocycles. The van der Waals surface area contributed by atoms with E-state index in [1.807, 2.05) is 6.92 Å². The molecule has 0 radical (unpaired) electrons. The third kappa shape index (κ3) is 3.95. The molecule has 108 valence electrons. The van der Waals surface area contributed by atoms with Gasteiger partial charge < -0.3 is 5.73 Å². The highest BCUT2D eigenvalue weighted by atomic mass is 32.2. The molecule has 19 heavy (non-hydrogen) atoms. The van der Waals surface area contributed by atoms with E-state index in [1.165, 1.54) is 0 Å². The fraction of sp³-hybridized carbons (Fsp3) is 0.500. The van der Waals surface area contributed by atoms with Crippen molar-refractivity contribution in [2.75, 3.05) is 0 Å². The lowest BCUT2D eigenvalue weighted by molar-refractivity contribution is 0.478. The second kappa shape index (κ2) is 6.40. The summed E-state index contributed by atoms with van der Waals surface area (Å²) < 4.78 is 53.3. The number of nitrogens with two attached hydrogens (primary N) is 1. The van der Waals surface area contributed by atoms with E-state index < -0.39 is 26.6 Å². The van der Waals surface area contributed by atoms with Gasteiger partial charge in [-0.25, -0.2) is 21.9 Å². The second-order valence-electron chi connectivity index (χ2n) is 4.40. The van der Waals surface area contributed by atoms with Gasteiger partial charge in [0.1, 0.15) is 4.90 Å². The lowest BCUT2D eigenvalue weighted by Crippen LogP contribution is -2.33. The van der Waals surface area contributed by atoms with Crippen LogP contribution in [0.4, 0.5) is 8.78 Å². The maximum atomic E-state index is 13.6. The minimum atomic E-state index is -4.09. The fourth-order valence-corrected chi connectivity index (χ4v) is 3.17. The summed E-state index contributed by atoms with van der Waals surface area (Å²) in [6, 6.07) is 1.60. The van der Waals surface area contributed by atoms with Crippen LogP contribution in [0.25, 0.3) is 0 Å². The molecule has 1 aromatic carbocycles. The summed E-state index contributed by atoms with van der Waals surface area (Å²) in [5.74, 6) is -2.60. The molecule has 0 aliphatic heterocycles. The molecular formula is C12H18F2N2O2S. The minimum Gasteiger partial charge on any atom is -0.326 e. The maximum absolute atomic E-state index is 13.6. The quantitative estimate of drug-likeness (QED) is 0.841. The van der Waals surface area contributed by atoms with Gasteiger partial charge in [-0.15, -0.1) is 0 Å². The van der Waals surface area contributed by atoms with Crippen LogP contribution in [0.15, 0.2) is 17.0 Å². The monoisotopic (exact) mass is 292 g/mol. The van der Waals surface area contributed by atoms with Crippen molar-refractivity contribution in [2.45, 2.75) is 44.2 Å². The second-order valence-corrected chi connectivity index (χ2v) is 6.09. The number of nitrogens with one attached hydrogen (secondary N) is 1. The van der Waals surface area contributed by atoms with Gasteiger partial charge in [-0.05, 0) is 31.0 Å². The van der Waals surface area contributed by atoms with Gasteiger partial charge in [-0.3, -0.25) is 0 Å². The topological polar surface area (TPSA) is 72.2 Å². The Morgan fingerprint density at radius 3 is 2.53 bits per heavy atom. The van der Waals surface area contributed by atoms with E-state index in [4.69, 9.17) is 5.73 Å². The van der Waals surface area contributed by atoms with Crippen LogP contribution >= 0.6 is 0 Å². The molecule has 0 fully saturated rings. The molecule has 0 saturated heterocycles. The zero-order valence-corrected chi connectivity index (χ0v) is 11.7. The van der Waals surface area contributed by atoms with Crippen LogP contribution < -0.4 is 10.5 Å². The van der Waals surface area contributed by atoms with E-state index in [1.54, 1.807) is 6.92 Å². The molecule has 0 aliphatic rings. The molecule has 0 aliphatic carbocycles. The van der Waals surface area contributed by atoms with Crippen LogP contribution in [-0.2, 0) is 16.6 Å². The van der Waals surface area contributed by atoms with E-state index in [2.05, 4.69) is 4.72 Å². The van der Waals surface area contributed by atoms with Crippen LogP contribution in [0.5, 0.6) is 0 Å². The first-order chi connectivity index (χ1) is 8.81. The van der Waals surface area contributed by atoms with Gasteiger partial charge in [-0.2, -0.15) is 0 Å². The van der Waals surface area contributed by atoms with Gasteiger partial charge in [0.15, 0.2) is 11.6 Å². The molecule has 1 unspecified atom stereocenters. The number of benzene rings is 1. The fourth-order valence-electron chi connectivity index (χ4n) is 1.75. The molecule has 0 bridgehead atoms. The van der Waals surface area contributed by atoms with Crippen molar-refractivity contribution >= 4 is 10.0 Å². The first-order valence-electron chi connectivity index (χ1n) is 6.02. The van der Waals surface area contributed by atoms with Crippen molar-refractivity contribution < 1.29 is 17.2 Å². The molecule has 1 rings (SSSR count). The maximum Gasteiger partial charge on any atom is 0.243 e. The number of halogens is 2. The summed E-state index contributed by atoms with van der Waals surface area (Å²) in [4.78, 5) is -0.698. The zero-order valence-electron chi connectivity index (χ0n) is 10.9. The van der Waals surface area contributed by atoms with Crippen LogP contribution in [0, 0.1) is 11.6 Å². The standard InChI is InChI=1S/C12H18F2N2O2S/c1-3-4-8(2)16-19(17,18)11-6-9(7-15)5-10(13)12(11)14/h5-6,8,16H,3-4,7,15H2,1-2H3. The van der Waals surface area contributed by atoms with Crippen LogP contribution in [0.3, 0.4) is 0 Å². The number of rotatable bonds is 6. The number of hydrogen-bond acceptors (Lipinski definition) is 3. The molecular weight excluding hydrogens is 274 g/mol. The van der Waals surface area contributed by atoms with Gasteiger partial charge in [0.25, 0.3) is 0 Å². The molecule has 7 heteroatoms. The Hall–Kier alpha value is -1.05. The highest BCUT2D eigenvalue weighted by Crippen LogP contribution is 2.20. The predicted molar refractivity (Wildman–Crippen MR) is 68.9 cm³/mol.